The molecule has 0 unspecified atom stereocenters. The maximum Gasteiger partial charge on any atom is 0.275 e. The van der Waals surface area contributed by atoms with E-state index in [0.717, 1.165) is 42.0 Å². The molecule has 2 aromatic carbocycles. The van der Waals surface area contributed by atoms with Crippen LogP contribution in [0.4, 0.5) is 11.5 Å². The molecule has 1 aliphatic rings. The number of hydrogen-bond donors (Lipinski definition) is 1. The largest absolute Gasteiger partial charge is 0.354 e. The van der Waals surface area contributed by atoms with Crippen molar-refractivity contribution in [3.63, 3.8) is 0 Å². The summed E-state index contributed by atoms with van der Waals surface area (Å²) in [6, 6.07) is 13.3. The van der Waals surface area contributed by atoms with Crippen LogP contribution in [0.3, 0.4) is 0 Å². The van der Waals surface area contributed by atoms with Crippen molar-refractivity contribution in [1.82, 2.24) is 9.78 Å². The summed E-state index contributed by atoms with van der Waals surface area (Å²) >= 11 is 0. The molecule has 1 amide bonds. The number of fused-ring (bicyclic) bond motifs is 1. The molecule has 2 heterocycles. The van der Waals surface area contributed by atoms with Gasteiger partial charge in [-0.2, -0.15) is 5.10 Å². The van der Waals surface area contributed by atoms with Crippen LogP contribution in [0.1, 0.15) is 30.9 Å². The first-order valence-corrected chi connectivity index (χ1v) is 10.5. The van der Waals surface area contributed by atoms with Gasteiger partial charge in [-0.25, -0.2) is 4.68 Å². The Morgan fingerprint density at radius 3 is 2.63 bits per heavy atom. The molecule has 1 saturated heterocycles. The number of amides is 1. The second-order valence-corrected chi connectivity index (χ2v) is 8.37. The predicted molar refractivity (Wildman–Crippen MR) is 121 cm³/mol. The third kappa shape index (κ3) is 4.08. The molecule has 1 atom stereocenters. The zero-order valence-corrected chi connectivity index (χ0v) is 17.8. The van der Waals surface area contributed by atoms with E-state index in [-0.39, 0.29) is 18.0 Å². The highest BCUT2D eigenvalue weighted by Gasteiger charge is 2.22. The molecular formula is C24H28N4O2. The van der Waals surface area contributed by atoms with Crippen LogP contribution in [-0.2, 0) is 11.3 Å². The molecular weight excluding hydrogens is 376 g/mol. The number of aryl methyl sites for hydroxylation is 2. The minimum atomic E-state index is -0.263. The summed E-state index contributed by atoms with van der Waals surface area (Å²) < 4.78 is 1.30. The third-order valence-corrected chi connectivity index (χ3v) is 5.89. The highest BCUT2D eigenvalue weighted by molar-refractivity contribution is 5.93. The Kier molecular flexibility index (Phi) is 5.57. The second kappa shape index (κ2) is 8.30. The topological polar surface area (TPSA) is 67.2 Å². The first-order valence-electron chi connectivity index (χ1n) is 10.5. The van der Waals surface area contributed by atoms with Gasteiger partial charge in [0.2, 0.25) is 5.91 Å². The number of anilines is 2. The van der Waals surface area contributed by atoms with Crippen molar-refractivity contribution >= 4 is 28.2 Å². The quantitative estimate of drug-likeness (QED) is 0.716. The Morgan fingerprint density at radius 1 is 1.13 bits per heavy atom. The lowest BCUT2D eigenvalue weighted by Crippen LogP contribution is -2.38. The number of hydrogen-bond acceptors (Lipinski definition) is 4. The van der Waals surface area contributed by atoms with Crippen LogP contribution in [-0.4, -0.2) is 28.8 Å². The van der Waals surface area contributed by atoms with E-state index in [1.807, 2.05) is 56.3 Å². The highest BCUT2D eigenvalue weighted by Crippen LogP contribution is 2.26. The first kappa shape index (κ1) is 20.1. The molecule has 1 aliphatic heterocycles. The Balaban J connectivity index is 1.66. The number of nitrogens with zero attached hydrogens (tertiary/aromatic N) is 3. The zero-order chi connectivity index (χ0) is 21.3. The number of rotatable bonds is 4. The highest BCUT2D eigenvalue weighted by atomic mass is 16.2. The number of piperidine rings is 1. The number of aromatic nitrogens is 2. The van der Waals surface area contributed by atoms with Gasteiger partial charge in [0.05, 0.1) is 5.39 Å². The molecule has 1 fully saturated rings. The summed E-state index contributed by atoms with van der Waals surface area (Å²) in [5, 5.41) is 8.98. The number of benzene rings is 2. The molecule has 1 aromatic heterocycles. The molecule has 0 saturated carbocycles. The van der Waals surface area contributed by atoms with Crippen molar-refractivity contribution in [1.29, 1.82) is 0 Å². The van der Waals surface area contributed by atoms with Gasteiger partial charge in [-0.05, 0) is 61.9 Å². The van der Waals surface area contributed by atoms with Crippen LogP contribution in [0.2, 0.25) is 0 Å². The Labute approximate surface area is 176 Å². The smallest absolute Gasteiger partial charge is 0.275 e. The lowest BCUT2D eigenvalue weighted by atomic mass is 10.00. The lowest BCUT2D eigenvalue weighted by Gasteiger charge is -2.32. The first-order chi connectivity index (χ1) is 14.4. The zero-order valence-electron chi connectivity index (χ0n) is 17.8. The van der Waals surface area contributed by atoms with E-state index in [4.69, 9.17) is 0 Å². The number of carbonyl (C=O) groups excluding carboxylic acids is 1. The van der Waals surface area contributed by atoms with E-state index in [1.54, 1.807) is 0 Å². The summed E-state index contributed by atoms with van der Waals surface area (Å²) in [6.45, 7) is 7.97. The Hall–Kier alpha value is -3.15. The van der Waals surface area contributed by atoms with Crippen LogP contribution >= 0.6 is 0 Å². The van der Waals surface area contributed by atoms with E-state index >= 15 is 0 Å². The van der Waals surface area contributed by atoms with Crippen molar-refractivity contribution in [3.05, 3.63) is 63.9 Å². The van der Waals surface area contributed by atoms with E-state index in [1.165, 1.54) is 16.7 Å². The summed E-state index contributed by atoms with van der Waals surface area (Å²) in [5.41, 5.74) is 2.76. The number of nitrogens with one attached hydrogen (secondary N) is 1. The maximum atomic E-state index is 13.0. The molecule has 6 heteroatoms. The molecule has 30 heavy (non-hydrogen) atoms. The minimum absolute atomic E-state index is 0.118. The van der Waals surface area contributed by atoms with E-state index in [2.05, 4.69) is 22.2 Å². The average Bonchev–Trinajstić information content (AvgIpc) is 2.73. The predicted octanol–water partition coefficient (Wildman–Crippen LogP) is 3.89. The fraction of sp³-hybridized carbons (Fsp3) is 0.375. The summed E-state index contributed by atoms with van der Waals surface area (Å²) in [4.78, 5) is 27.9. The molecule has 156 valence electrons. The summed E-state index contributed by atoms with van der Waals surface area (Å²) in [6.07, 6.45) is 2.30. The third-order valence-electron chi connectivity index (χ3n) is 5.89. The minimum Gasteiger partial charge on any atom is -0.354 e. The van der Waals surface area contributed by atoms with E-state index in [9.17, 15) is 9.59 Å². The normalized spacial score (nSPS) is 16.6. The van der Waals surface area contributed by atoms with Crippen LogP contribution in [0.25, 0.3) is 10.8 Å². The fourth-order valence-electron chi connectivity index (χ4n) is 4.10. The Morgan fingerprint density at radius 2 is 1.90 bits per heavy atom. The van der Waals surface area contributed by atoms with Gasteiger partial charge in [0.15, 0.2) is 5.82 Å². The van der Waals surface area contributed by atoms with Crippen molar-refractivity contribution in [2.24, 2.45) is 5.92 Å². The van der Waals surface area contributed by atoms with E-state index in [0.29, 0.717) is 11.3 Å². The van der Waals surface area contributed by atoms with Gasteiger partial charge in [-0.1, -0.05) is 31.2 Å². The van der Waals surface area contributed by atoms with Gasteiger partial charge in [0, 0.05) is 24.2 Å². The molecule has 4 rings (SSSR count). The monoisotopic (exact) mass is 404 g/mol. The van der Waals surface area contributed by atoms with E-state index < -0.39 is 0 Å². The molecule has 0 radical (unpaired) electrons. The molecule has 3 aromatic rings. The van der Waals surface area contributed by atoms with Gasteiger partial charge < -0.3 is 10.2 Å². The van der Waals surface area contributed by atoms with Gasteiger partial charge >= 0.3 is 0 Å². The maximum absolute atomic E-state index is 13.0. The summed E-state index contributed by atoms with van der Waals surface area (Å²) in [7, 11) is 0. The SMILES string of the molecule is Cc1ccc(NC(=O)Cn2nc(N3CCC[C@@H](C)C3)c3ccccc3c2=O)cc1C. The molecule has 0 aliphatic carbocycles. The molecule has 6 nitrogen and oxygen atoms in total. The Bertz CT molecular complexity index is 1150. The lowest BCUT2D eigenvalue weighted by molar-refractivity contribution is -0.117. The fourth-order valence-corrected chi connectivity index (χ4v) is 4.10. The van der Waals surface area contributed by atoms with Crippen molar-refractivity contribution in [2.45, 2.75) is 40.2 Å². The molecule has 1 N–H and O–H groups in total. The number of carbonyl (C=O) groups is 1. The van der Waals surface area contributed by atoms with Gasteiger partial charge in [0.25, 0.3) is 5.56 Å². The van der Waals surface area contributed by atoms with Gasteiger partial charge in [-0.15, -0.1) is 0 Å². The van der Waals surface area contributed by atoms with Gasteiger partial charge in [0.1, 0.15) is 6.54 Å². The second-order valence-electron chi connectivity index (χ2n) is 8.37. The molecule has 0 spiro atoms. The average molecular weight is 405 g/mol. The van der Waals surface area contributed by atoms with Gasteiger partial charge in [-0.3, -0.25) is 9.59 Å². The summed E-state index contributed by atoms with van der Waals surface area (Å²) in [5.74, 6) is 1.10. The van der Waals surface area contributed by atoms with Crippen molar-refractivity contribution < 1.29 is 4.79 Å². The standard InChI is InChI=1S/C24H28N4O2/c1-16-7-6-12-27(14-16)23-20-8-4-5-9-21(20)24(30)28(26-23)15-22(29)25-19-11-10-17(2)18(3)13-19/h4-5,8-11,13,16H,6-7,12,14-15H2,1-3H3,(H,25,29)/t16-/m1/s1. The van der Waals surface area contributed by atoms with Crippen LogP contribution in [0.15, 0.2) is 47.3 Å². The van der Waals surface area contributed by atoms with Crippen LogP contribution in [0.5, 0.6) is 0 Å². The van der Waals surface area contributed by atoms with Crippen molar-refractivity contribution in [2.75, 3.05) is 23.3 Å². The van der Waals surface area contributed by atoms with Crippen molar-refractivity contribution in [3.8, 4) is 0 Å². The van der Waals surface area contributed by atoms with Crippen LogP contribution in [0, 0.1) is 19.8 Å². The molecule has 0 bridgehead atoms. The van der Waals surface area contributed by atoms with Crippen LogP contribution < -0.4 is 15.8 Å².